The first kappa shape index (κ1) is 25.0. The summed E-state index contributed by atoms with van der Waals surface area (Å²) >= 11 is 0.00892. The molecule has 0 amide bonds. The molecular weight excluding hydrogens is 623 g/mol. The van der Waals surface area contributed by atoms with Crippen LogP contribution in [-0.2, 0) is 0 Å². The molecular formula is C39H25IN2. The van der Waals surface area contributed by atoms with Crippen LogP contribution in [0.5, 0.6) is 0 Å². The second-order valence-electron chi connectivity index (χ2n) is 10.5. The average Bonchev–Trinajstić information content (AvgIpc) is 3.08. The van der Waals surface area contributed by atoms with Gasteiger partial charge in [-0.1, -0.05) is 136 Å². The van der Waals surface area contributed by atoms with Gasteiger partial charge in [0.25, 0.3) is 0 Å². The lowest BCUT2D eigenvalue weighted by atomic mass is 9.92. The summed E-state index contributed by atoms with van der Waals surface area (Å²) in [4.78, 5) is 9.58. The van der Waals surface area contributed by atoms with E-state index in [2.05, 4.69) is 134 Å². The molecule has 0 N–H and O–H groups in total. The predicted octanol–water partition coefficient (Wildman–Crippen LogP) is 10.6. The Balaban J connectivity index is 1.30. The monoisotopic (exact) mass is 648 g/mol. The minimum absolute atomic E-state index is 0.00892. The van der Waals surface area contributed by atoms with Gasteiger partial charge in [0.05, 0.1) is 11.0 Å². The van der Waals surface area contributed by atoms with E-state index in [0.717, 1.165) is 27.7 Å². The maximum atomic E-state index is 5.31. The van der Waals surface area contributed by atoms with Crippen LogP contribution in [0.4, 0.5) is 0 Å². The van der Waals surface area contributed by atoms with E-state index in [9.17, 15) is 0 Å². The number of benzene rings is 5. The lowest BCUT2D eigenvalue weighted by Crippen LogP contribution is -1.92. The highest BCUT2D eigenvalue weighted by atomic mass is 127. The molecule has 2 nitrogen and oxygen atoms in total. The van der Waals surface area contributed by atoms with Crippen LogP contribution in [0.15, 0.2) is 144 Å². The van der Waals surface area contributed by atoms with E-state index in [1.165, 1.54) is 49.4 Å². The summed E-state index contributed by atoms with van der Waals surface area (Å²) in [6.45, 7) is 0. The highest BCUT2D eigenvalue weighted by molar-refractivity contribution is 14.2. The largest absolute Gasteiger partial charge is 0.264 e. The third-order valence-corrected chi connectivity index (χ3v) is 9.85. The number of rotatable bonds is 4. The molecule has 7 aromatic rings. The maximum Gasteiger partial charge on any atom is 0.0794 e. The van der Waals surface area contributed by atoms with E-state index in [0.29, 0.717) is 0 Å². The number of nitrogens with zero attached hydrogens (tertiary/aromatic N) is 2. The molecule has 3 heterocycles. The molecule has 0 bridgehead atoms. The zero-order chi connectivity index (χ0) is 27.9. The van der Waals surface area contributed by atoms with Crippen molar-refractivity contribution in [1.82, 2.24) is 9.97 Å². The van der Waals surface area contributed by atoms with E-state index in [4.69, 9.17) is 4.98 Å². The van der Waals surface area contributed by atoms with Gasteiger partial charge in [-0.25, -0.2) is 4.98 Å². The number of pyridine rings is 2. The fourth-order valence-corrected chi connectivity index (χ4v) is 7.48. The van der Waals surface area contributed by atoms with Gasteiger partial charge in [-0.3, -0.25) is 4.98 Å². The Bertz CT molecular complexity index is 2210. The minimum Gasteiger partial charge on any atom is -0.264 e. The van der Waals surface area contributed by atoms with Crippen LogP contribution in [0.3, 0.4) is 0 Å². The minimum atomic E-state index is 0.00892. The van der Waals surface area contributed by atoms with E-state index in [1.807, 2.05) is 12.3 Å². The van der Waals surface area contributed by atoms with Crippen molar-refractivity contribution in [2.24, 2.45) is 0 Å². The predicted molar refractivity (Wildman–Crippen MR) is 188 cm³/mol. The molecule has 0 atom stereocenters. The number of hydrogen-bond acceptors (Lipinski definition) is 2. The first-order chi connectivity index (χ1) is 20.8. The van der Waals surface area contributed by atoms with Crippen molar-refractivity contribution < 1.29 is 0 Å². The zero-order valence-electron chi connectivity index (χ0n) is 22.7. The first-order valence-corrected chi connectivity index (χ1v) is 16.5. The molecule has 0 radical (unpaired) electrons. The van der Waals surface area contributed by atoms with Crippen molar-refractivity contribution in [3.63, 3.8) is 0 Å². The molecule has 2 aromatic heterocycles. The highest BCUT2D eigenvalue weighted by Gasteiger charge is 2.15. The van der Waals surface area contributed by atoms with Gasteiger partial charge >= 0.3 is 0 Å². The third-order valence-electron chi connectivity index (χ3n) is 7.99. The molecule has 3 heteroatoms. The summed E-state index contributed by atoms with van der Waals surface area (Å²) in [6, 6.07) is 41.6. The van der Waals surface area contributed by atoms with Crippen molar-refractivity contribution in [2.75, 3.05) is 0 Å². The van der Waals surface area contributed by atoms with E-state index in [-0.39, 0.29) is 20.7 Å². The van der Waals surface area contributed by atoms with Crippen molar-refractivity contribution in [3.05, 3.63) is 149 Å². The lowest BCUT2D eigenvalue weighted by molar-refractivity contribution is 1.33. The van der Waals surface area contributed by atoms with Gasteiger partial charge in [-0.2, -0.15) is 0 Å². The Morgan fingerprint density at radius 3 is 2.07 bits per heavy atom. The van der Waals surface area contributed by atoms with Crippen LogP contribution in [0.1, 0.15) is 5.56 Å². The summed E-state index contributed by atoms with van der Waals surface area (Å²) in [5, 5.41) is 4.73. The molecule has 1 aliphatic heterocycles. The quantitative estimate of drug-likeness (QED) is 0.108. The van der Waals surface area contributed by atoms with E-state index < -0.39 is 0 Å². The summed E-state index contributed by atoms with van der Waals surface area (Å²) < 4.78 is 4.68. The number of halogens is 1. The standard InChI is InChI=1S/C39H25IN2/c1-2-8-34-29(5-1)17-20-36-38(30-15-13-27(14-16-30)32-6-3-21-40-24-32)35-19-18-31(23-37(35)42-39(34)36)26-9-11-28(12-10-26)33-7-4-22-41-25-33/h1-25H. The second kappa shape index (κ2) is 10.6. The van der Waals surface area contributed by atoms with Gasteiger partial charge in [-0.05, 0) is 64.6 Å². The van der Waals surface area contributed by atoms with Gasteiger partial charge in [0, 0.05) is 34.1 Å². The Hall–Kier alpha value is -4.74. The van der Waals surface area contributed by atoms with Crippen LogP contribution >= 0.6 is 20.7 Å². The van der Waals surface area contributed by atoms with Crippen LogP contribution in [-0.4, -0.2) is 14.0 Å². The summed E-state index contributed by atoms with van der Waals surface area (Å²) in [5.74, 6) is 0. The number of allylic oxidation sites excluding steroid dienone is 3. The molecule has 0 unspecified atom stereocenters. The normalized spacial score (nSPS) is 12.9. The number of fused-ring (bicyclic) bond motifs is 4. The number of aromatic nitrogens is 2. The molecule has 198 valence electrons. The van der Waals surface area contributed by atoms with Gasteiger partial charge < -0.3 is 0 Å². The van der Waals surface area contributed by atoms with Gasteiger partial charge in [0.2, 0.25) is 0 Å². The third kappa shape index (κ3) is 4.47. The summed E-state index contributed by atoms with van der Waals surface area (Å²) in [7, 11) is 0. The fourth-order valence-electron chi connectivity index (χ4n) is 5.87. The zero-order valence-corrected chi connectivity index (χ0v) is 24.9. The Morgan fingerprint density at radius 2 is 1.29 bits per heavy atom. The van der Waals surface area contributed by atoms with Crippen LogP contribution < -0.4 is 0 Å². The van der Waals surface area contributed by atoms with E-state index in [1.54, 1.807) is 6.20 Å². The SMILES string of the molecule is C1=CI=CC(c2ccc(-c3c4ccc(-c5ccc(-c6cccnc6)cc5)cc4nc4c3ccc3ccccc34)cc2)=C1. The molecule has 0 aliphatic carbocycles. The van der Waals surface area contributed by atoms with Crippen LogP contribution in [0.2, 0.25) is 0 Å². The van der Waals surface area contributed by atoms with Crippen LogP contribution in [0, 0.1) is 0 Å². The van der Waals surface area contributed by atoms with Crippen LogP contribution in [0.25, 0.3) is 71.5 Å². The molecule has 8 rings (SSSR count). The van der Waals surface area contributed by atoms with Crippen molar-refractivity contribution in [2.45, 2.75) is 0 Å². The molecule has 42 heavy (non-hydrogen) atoms. The maximum absolute atomic E-state index is 5.31. The van der Waals surface area contributed by atoms with Crippen molar-refractivity contribution in [3.8, 4) is 33.4 Å². The number of hydrogen-bond donors (Lipinski definition) is 0. The smallest absolute Gasteiger partial charge is 0.0794 e. The molecule has 0 saturated carbocycles. The first-order valence-electron chi connectivity index (χ1n) is 14.0. The molecule has 0 saturated heterocycles. The molecule has 0 fully saturated rings. The summed E-state index contributed by atoms with van der Waals surface area (Å²) in [6.07, 6.45) is 8.12. The Kier molecular flexibility index (Phi) is 6.30. The topological polar surface area (TPSA) is 25.8 Å². The molecule has 1 aliphatic rings. The van der Waals surface area contributed by atoms with Crippen molar-refractivity contribution >= 4 is 62.9 Å². The highest BCUT2D eigenvalue weighted by Crippen LogP contribution is 2.39. The van der Waals surface area contributed by atoms with E-state index >= 15 is 0 Å². The fraction of sp³-hybridized carbons (Fsp3) is 0. The second-order valence-corrected chi connectivity index (χ2v) is 12.5. The summed E-state index contributed by atoms with van der Waals surface area (Å²) in [5.41, 5.74) is 11.7. The molecule has 5 aromatic carbocycles. The molecule has 0 spiro atoms. The average molecular weight is 649 g/mol. The van der Waals surface area contributed by atoms with Gasteiger partial charge in [0.1, 0.15) is 0 Å². The lowest BCUT2D eigenvalue weighted by Gasteiger charge is -2.15. The van der Waals surface area contributed by atoms with Gasteiger partial charge in [0.15, 0.2) is 0 Å². The van der Waals surface area contributed by atoms with Gasteiger partial charge in [-0.15, -0.1) is 0 Å². The Morgan fingerprint density at radius 1 is 0.548 bits per heavy atom. The van der Waals surface area contributed by atoms with Crippen molar-refractivity contribution in [1.29, 1.82) is 0 Å². The Labute approximate surface area is 254 Å².